The summed E-state index contributed by atoms with van der Waals surface area (Å²) in [4.78, 5) is 13.2. The van der Waals surface area contributed by atoms with Gasteiger partial charge in [-0.3, -0.25) is 9.10 Å². The fourth-order valence-electron chi connectivity index (χ4n) is 4.58. The van der Waals surface area contributed by atoms with Crippen LogP contribution < -0.4 is 19.1 Å². The van der Waals surface area contributed by atoms with E-state index in [1.807, 2.05) is 13.0 Å². The Bertz CT molecular complexity index is 1340. The van der Waals surface area contributed by atoms with Gasteiger partial charge in [-0.05, 0) is 67.1 Å². The van der Waals surface area contributed by atoms with E-state index in [1.54, 1.807) is 36.4 Å². The van der Waals surface area contributed by atoms with Crippen LogP contribution in [0.1, 0.15) is 36.1 Å². The number of nitrogens with zero attached hydrogens (tertiary/aromatic N) is 1. The maximum atomic E-state index is 13.6. The van der Waals surface area contributed by atoms with Crippen molar-refractivity contribution in [3.05, 3.63) is 83.4 Å². The van der Waals surface area contributed by atoms with Gasteiger partial charge in [0.25, 0.3) is 10.0 Å². The molecule has 0 fully saturated rings. The molecule has 1 aliphatic carbocycles. The average molecular weight is 493 g/mol. The van der Waals surface area contributed by atoms with Crippen molar-refractivity contribution in [3.8, 4) is 11.5 Å². The van der Waals surface area contributed by atoms with Gasteiger partial charge in [0.2, 0.25) is 5.91 Å². The number of amides is 1. The molecule has 3 aromatic rings. The molecule has 1 atom stereocenters. The van der Waals surface area contributed by atoms with E-state index >= 15 is 0 Å². The Morgan fingerprint density at radius 3 is 2.49 bits per heavy atom. The highest BCUT2D eigenvalue weighted by molar-refractivity contribution is 7.92. The molecule has 0 unspecified atom stereocenters. The topological polar surface area (TPSA) is 84.9 Å². The number of rotatable bonds is 7. The van der Waals surface area contributed by atoms with E-state index in [9.17, 15) is 13.2 Å². The predicted molar refractivity (Wildman–Crippen MR) is 133 cm³/mol. The van der Waals surface area contributed by atoms with Crippen LogP contribution >= 0.6 is 0 Å². The summed E-state index contributed by atoms with van der Waals surface area (Å²) in [5, 5.41) is 2.97. The monoisotopic (exact) mass is 492 g/mol. The van der Waals surface area contributed by atoms with Crippen molar-refractivity contribution in [1.29, 1.82) is 0 Å². The first kappa shape index (κ1) is 23.2. The standard InChI is InChI=1S/C27H28N2O5S/c1-19(21-11-10-20-6-5-7-22(20)16-21)28-27(30)18-29(35(31,32)24-8-3-2-4-9-24)23-12-13-25-26(17-23)34-15-14-33-25/h2-4,8-13,16-17,19H,5-7,14-15,18H2,1H3,(H,28,30)/t19-/m0/s1. The van der Waals surface area contributed by atoms with E-state index in [0.29, 0.717) is 30.4 Å². The lowest BCUT2D eigenvalue weighted by Gasteiger charge is -2.27. The Hall–Kier alpha value is -3.52. The third-order valence-electron chi connectivity index (χ3n) is 6.43. The summed E-state index contributed by atoms with van der Waals surface area (Å²) in [6, 6.07) is 19.1. The molecule has 0 radical (unpaired) electrons. The Morgan fingerprint density at radius 1 is 0.943 bits per heavy atom. The average Bonchev–Trinajstić information content (AvgIpc) is 3.35. The van der Waals surface area contributed by atoms with Crippen LogP contribution in [0.2, 0.25) is 0 Å². The molecule has 0 saturated heterocycles. The minimum Gasteiger partial charge on any atom is -0.486 e. The lowest BCUT2D eigenvalue weighted by molar-refractivity contribution is -0.120. The van der Waals surface area contributed by atoms with Gasteiger partial charge in [0.15, 0.2) is 11.5 Å². The van der Waals surface area contributed by atoms with Crippen molar-refractivity contribution in [1.82, 2.24) is 5.32 Å². The smallest absolute Gasteiger partial charge is 0.264 e. The van der Waals surface area contributed by atoms with Crippen LogP contribution in [0.4, 0.5) is 5.69 Å². The minimum absolute atomic E-state index is 0.106. The second kappa shape index (κ2) is 9.62. The lowest BCUT2D eigenvalue weighted by atomic mass is 10.0. The van der Waals surface area contributed by atoms with Gasteiger partial charge in [0, 0.05) is 6.07 Å². The quantitative estimate of drug-likeness (QED) is 0.539. The van der Waals surface area contributed by atoms with E-state index in [2.05, 4.69) is 17.4 Å². The van der Waals surface area contributed by atoms with Crippen LogP contribution in [0.15, 0.2) is 71.6 Å². The van der Waals surface area contributed by atoms with E-state index in [4.69, 9.17) is 9.47 Å². The first-order chi connectivity index (χ1) is 16.9. The van der Waals surface area contributed by atoms with E-state index in [1.165, 1.54) is 23.3 Å². The summed E-state index contributed by atoms with van der Waals surface area (Å²) in [5.41, 5.74) is 4.04. The van der Waals surface area contributed by atoms with Crippen LogP contribution in [0.5, 0.6) is 11.5 Å². The number of benzene rings is 3. The molecule has 0 spiro atoms. The van der Waals surface area contributed by atoms with E-state index in [0.717, 1.165) is 29.1 Å². The molecule has 1 N–H and O–H groups in total. The summed E-state index contributed by atoms with van der Waals surface area (Å²) < 4.78 is 39.5. The normalized spacial score (nSPS) is 15.2. The molecule has 1 aliphatic heterocycles. The fourth-order valence-corrected chi connectivity index (χ4v) is 6.02. The number of aryl methyl sites for hydroxylation is 2. The molecule has 182 valence electrons. The van der Waals surface area contributed by atoms with E-state index < -0.39 is 15.9 Å². The number of ether oxygens (including phenoxy) is 2. The highest BCUT2D eigenvalue weighted by Gasteiger charge is 2.29. The first-order valence-electron chi connectivity index (χ1n) is 11.8. The largest absolute Gasteiger partial charge is 0.486 e. The highest BCUT2D eigenvalue weighted by Crippen LogP contribution is 2.35. The molecule has 0 bridgehead atoms. The van der Waals surface area contributed by atoms with Crippen LogP contribution in [-0.4, -0.2) is 34.1 Å². The third kappa shape index (κ3) is 4.84. The zero-order valence-corrected chi connectivity index (χ0v) is 20.4. The summed E-state index contributed by atoms with van der Waals surface area (Å²) in [6.07, 6.45) is 3.30. The zero-order chi connectivity index (χ0) is 24.4. The van der Waals surface area contributed by atoms with Crippen LogP contribution in [0.25, 0.3) is 0 Å². The maximum Gasteiger partial charge on any atom is 0.264 e. The van der Waals surface area contributed by atoms with Crippen LogP contribution in [0, 0.1) is 0 Å². The van der Waals surface area contributed by atoms with Gasteiger partial charge in [-0.25, -0.2) is 8.42 Å². The number of carbonyl (C=O) groups is 1. The first-order valence-corrected chi connectivity index (χ1v) is 13.2. The van der Waals surface area contributed by atoms with Gasteiger partial charge in [0.05, 0.1) is 16.6 Å². The number of carbonyl (C=O) groups excluding carboxylic acids is 1. The fraction of sp³-hybridized carbons (Fsp3) is 0.296. The number of hydrogen-bond donors (Lipinski definition) is 1. The second-order valence-corrected chi connectivity index (χ2v) is 10.7. The van der Waals surface area contributed by atoms with Gasteiger partial charge in [-0.2, -0.15) is 0 Å². The van der Waals surface area contributed by atoms with Gasteiger partial charge in [-0.15, -0.1) is 0 Å². The molecular formula is C27H28N2O5S. The molecule has 7 nitrogen and oxygen atoms in total. The van der Waals surface area contributed by atoms with Gasteiger partial charge < -0.3 is 14.8 Å². The Labute approximate surface area is 205 Å². The Morgan fingerprint density at radius 2 is 1.69 bits per heavy atom. The number of anilines is 1. The van der Waals surface area contributed by atoms with Crippen LogP contribution in [0.3, 0.4) is 0 Å². The Balaban J connectivity index is 1.41. The predicted octanol–water partition coefficient (Wildman–Crippen LogP) is 4.02. The molecule has 5 rings (SSSR count). The second-order valence-electron chi connectivity index (χ2n) is 8.82. The van der Waals surface area contributed by atoms with Crippen molar-refractivity contribution in [2.24, 2.45) is 0 Å². The van der Waals surface area contributed by atoms with Crippen molar-refractivity contribution >= 4 is 21.6 Å². The highest BCUT2D eigenvalue weighted by atomic mass is 32.2. The lowest BCUT2D eigenvalue weighted by Crippen LogP contribution is -2.41. The molecule has 3 aromatic carbocycles. The SMILES string of the molecule is C[C@H](NC(=O)CN(c1ccc2c(c1)OCCO2)S(=O)(=O)c1ccccc1)c1ccc2c(c1)CCC2. The van der Waals surface area contributed by atoms with E-state index in [-0.39, 0.29) is 17.5 Å². The summed E-state index contributed by atoms with van der Waals surface area (Å²) in [6.45, 7) is 2.35. The molecule has 0 aromatic heterocycles. The molecule has 35 heavy (non-hydrogen) atoms. The van der Waals surface area contributed by atoms with Gasteiger partial charge in [-0.1, -0.05) is 36.4 Å². The molecule has 2 aliphatic rings. The Kier molecular flexibility index (Phi) is 6.38. The third-order valence-corrected chi connectivity index (χ3v) is 8.22. The molecular weight excluding hydrogens is 464 g/mol. The molecule has 1 amide bonds. The summed E-state index contributed by atoms with van der Waals surface area (Å²) in [7, 11) is -4.01. The maximum absolute atomic E-state index is 13.6. The molecule has 0 saturated carbocycles. The van der Waals surface area contributed by atoms with Gasteiger partial charge in [0.1, 0.15) is 19.8 Å². The number of fused-ring (bicyclic) bond motifs is 2. The van der Waals surface area contributed by atoms with Crippen molar-refractivity contribution in [3.63, 3.8) is 0 Å². The van der Waals surface area contributed by atoms with Crippen molar-refractivity contribution < 1.29 is 22.7 Å². The summed E-state index contributed by atoms with van der Waals surface area (Å²) >= 11 is 0. The van der Waals surface area contributed by atoms with Crippen molar-refractivity contribution in [2.45, 2.75) is 37.1 Å². The zero-order valence-electron chi connectivity index (χ0n) is 19.6. The minimum atomic E-state index is -4.01. The summed E-state index contributed by atoms with van der Waals surface area (Å²) in [5.74, 6) is 0.605. The van der Waals surface area contributed by atoms with Gasteiger partial charge >= 0.3 is 0 Å². The number of sulfonamides is 1. The molecule has 8 heteroatoms. The van der Waals surface area contributed by atoms with Crippen molar-refractivity contribution in [2.75, 3.05) is 24.1 Å². The number of nitrogens with one attached hydrogen (secondary N) is 1. The van der Waals surface area contributed by atoms with Crippen LogP contribution in [-0.2, 0) is 27.7 Å². The number of hydrogen-bond acceptors (Lipinski definition) is 5. The molecule has 1 heterocycles.